The Morgan fingerprint density at radius 1 is 1.03 bits per heavy atom. The fraction of sp³-hybridized carbons (Fsp3) is 0.150. The molecule has 4 aromatic rings. The third-order valence-corrected chi connectivity index (χ3v) is 4.55. The zero-order valence-electron chi connectivity index (χ0n) is 18.0. The number of nitro benzene ring substituents is 1. The van der Waals surface area contributed by atoms with Gasteiger partial charge in [0.15, 0.2) is 11.6 Å². The van der Waals surface area contributed by atoms with Gasteiger partial charge in [-0.2, -0.15) is 15.1 Å². The van der Waals surface area contributed by atoms with Gasteiger partial charge >= 0.3 is 0 Å². The van der Waals surface area contributed by atoms with E-state index in [-0.39, 0.29) is 22.8 Å². The Morgan fingerprint density at radius 2 is 1.73 bits per heavy atom. The lowest BCUT2D eigenvalue weighted by atomic mass is 10.2. The van der Waals surface area contributed by atoms with Crippen molar-refractivity contribution in [3.8, 4) is 0 Å². The number of aromatic nitrogens is 4. The van der Waals surface area contributed by atoms with Crippen LogP contribution in [-0.4, -0.2) is 45.5 Å². The summed E-state index contributed by atoms with van der Waals surface area (Å²) in [5, 5.41) is 22.9. The largest absolute Gasteiger partial charge is 0.372 e. The van der Waals surface area contributed by atoms with Crippen LogP contribution in [0.15, 0.2) is 52.2 Å². The molecule has 13 heteroatoms. The van der Waals surface area contributed by atoms with Crippen molar-refractivity contribution in [2.75, 3.05) is 35.3 Å². The molecule has 0 aliphatic carbocycles. The second kappa shape index (κ2) is 9.13. The number of nitro groups is 1. The predicted octanol–water partition coefficient (Wildman–Crippen LogP) is 3.18. The van der Waals surface area contributed by atoms with Gasteiger partial charge in [0, 0.05) is 25.7 Å². The lowest BCUT2D eigenvalue weighted by Gasteiger charge is -2.12. The summed E-state index contributed by atoms with van der Waals surface area (Å²) in [6, 6.07) is 12.6. The number of anilines is 4. The molecule has 2 heterocycles. The highest BCUT2D eigenvalue weighted by molar-refractivity contribution is 5.84. The van der Waals surface area contributed by atoms with E-state index in [2.05, 4.69) is 46.3 Å². The van der Waals surface area contributed by atoms with Crippen LogP contribution in [0, 0.1) is 17.0 Å². The van der Waals surface area contributed by atoms with Crippen LogP contribution in [0.1, 0.15) is 11.1 Å². The molecular weight excluding hydrogens is 428 g/mol. The molecular formula is C20H20N10O3. The summed E-state index contributed by atoms with van der Waals surface area (Å²) in [6.45, 7) is 2.00. The molecule has 0 fully saturated rings. The highest BCUT2D eigenvalue weighted by Gasteiger charge is 2.16. The SMILES string of the molecule is Cc1ccc(NNc2nc3nonc3nc2N/N=C/c2ccc(N(C)C)c([N+](=O)[O-])c2)cc1. The maximum Gasteiger partial charge on any atom is 0.293 e. The third-order valence-electron chi connectivity index (χ3n) is 4.55. The van der Waals surface area contributed by atoms with Crippen molar-refractivity contribution in [1.29, 1.82) is 0 Å². The molecule has 0 saturated heterocycles. The first-order valence-corrected chi connectivity index (χ1v) is 9.74. The molecule has 0 aliphatic heterocycles. The van der Waals surface area contributed by atoms with Crippen molar-refractivity contribution >= 4 is 46.2 Å². The number of hydrazine groups is 1. The first kappa shape index (κ1) is 21.4. The molecule has 0 atom stereocenters. The molecule has 2 aromatic carbocycles. The van der Waals surface area contributed by atoms with E-state index in [9.17, 15) is 10.1 Å². The summed E-state index contributed by atoms with van der Waals surface area (Å²) < 4.78 is 4.68. The Kier molecular flexibility index (Phi) is 5.93. The molecule has 4 rings (SSSR count). The maximum atomic E-state index is 11.4. The molecule has 0 aliphatic rings. The molecule has 0 bridgehead atoms. The van der Waals surface area contributed by atoms with Gasteiger partial charge < -0.3 is 4.90 Å². The van der Waals surface area contributed by atoms with E-state index >= 15 is 0 Å². The molecule has 0 spiro atoms. The Hall–Kier alpha value is -4.81. The Labute approximate surface area is 187 Å². The van der Waals surface area contributed by atoms with Crippen LogP contribution < -0.4 is 21.2 Å². The van der Waals surface area contributed by atoms with Gasteiger partial charge in [0.2, 0.25) is 11.3 Å². The minimum absolute atomic E-state index is 0.0245. The summed E-state index contributed by atoms with van der Waals surface area (Å²) in [4.78, 5) is 21.3. The van der Waals surface area contributed by atoms with E-state index in [1.165, 1.54) is 12.3 Å². The van der Waals surface area contributed by atoms with E-state index in [1.54, 1.807) is 31.1 Å². The molecule has 33 heavy (non-hydrogen) atoms. The first-order chi connectivity index (χ1) is 15.9. The standard InChI is InChI=1S/C20H20N10O3/c1-12-4-7-14(8-5-12)24-26-18-17(22-19-20(23-18)28-33-27-19)25-21-11-13-6-9-15(29(2)3)16(10-13)30(31)32/h4-11,24H,1-3H3,(H,22,25,27)(H,23,26,28)/b21-11+. The van der Waals surface area contributed by atoms with Gasteiger partial charge in [-0.25, -0.2) is 4.63 Å². The normalized spacial score (nSPS) is 11.0. The topological polar surface area (TPSA) is 160 Å². The number of nitrogens with zero attached hydrogens (tertiary/aromatic N) is 7. The van der Waals surface area contributed by atoms with E-state index in [0.29, 0.717) is 17.1 Å². The Morgan fingerprint density at radius 3 is 2.39 bits per heavy atom. The number of benzene rings is 2. The van der Waals surface area contributed by atoms with Crippen molar-refractivity contribution in [2.24, 2.45) is 5.10 Å². The number of hydrogen-bond donors (Lipinski definition) is 3. The summed E-state index contributed by atoms with van der Waals surface area (Å²) in [6.07, 6.45) is 1.44. The summed E-state index contributed by atoms with van der Waals surface area (Å²) in [5.74, 6) is 0.540. The summed E-state index contributed by atoms with van der Waals surface area (Å²) in [5.41, 5.74) is 12.1. The van der Waals surface area contributed by atoms with Gasteiger partial charge in [0.25, 0.3) is 5.69 Å². The van der Waals surface area contributed by atoms with Gasteiger partial charge in [-0.3, -0.25) is 26.4 Å². The van der Waals surface area contributed by atoms with Crippen LogP contribution in [0.25, 0.3) is 11.3 Å². The van der Waals surface area contributed by atoms with Crippen LogP contribution in [0.3, 0.4) is 0 Å². The number of hydrogen-bond acceptors (Lipinski definition) is 12. The summed E-state index contributed by atoms with van der Waals surface area (Å²) >= 11 is 0. The zero-order valence-corrected chi connectivity index (χ0v) is 18.0. The molecule has 0 amide bonds. The molecule has 3 N–H and O–H groups in total. The van der Waals surface area contributed by atoms with Gasteiger partial charge in [-0.1, -0.05) is 23.8 Å². The molecule has 0 unspecified atom stereocenters. The molecule has 13 nitrogen and oxygen atoms in total. The second-order valence-corrected chi connectivity index (χ2v) is 7.22. The molecule has 2 aromatic heterocycles. The molecule has 168 valence electrons. The van der Waals surface area contributed by atoms with Crippen molar-refractivity contribution < 1.29 is 9.55 Å². The minimum Gasteiger partial charge on any atom is -0.372 e. The highest BCUT2D eigenvalue weighted by Crippen LogP contribution is 2.27. The Balaban J connectivity index is 1.55. The van der Waals surface area contributed by atoms with Crippen LogP contribution in [0.2, 0.25) is 0 Å². The van der Waals surface area contributed by atoms with Crippen LogP contribution >= 0.6 is 0 Å². The summed E-state index contributed by atoms with van der Waals surface area (Å²) in [7, 11) is 3.48. The van der Waals surface area contributed by atoms with Crippen molar-refractivity contribution in [3.05, 3.63) is 63.7 Å². The van der Waals surface area contributed by atoms with Crippen LogP contribution in [-0.2, 0) is 0 Å². The average molecular weight is 448 g/mol. The van der Waals surface area contributed by atoms with E-state index in [4.69, 9.17) is 0 Å². The lowest BCUT2D eigenvalue weighted by molar-refractivity contribution is -0.384. The van der Waals surface area contributed by atoms with E-state index in [0.717, 1.165) is 11.3 Å². The zero-order chi connectivity index (χ0) is 23.4. The number of rotatable bonds is 8. The van der Waals surface area contributed by atoms with Crippen molar-refractivity contribution in [2.45, 2.75) is 6.92 Å². The van der Waals surface area contributed by atoms with Crippen molar-refractivity contribution in [3.63, 3.8) is 0 Å². The number of fused-ring (bicyclic) bond motifs is 1. The van der Waals surface area contributed by atoms with Crippen LogP contribution in [0.4, 0.5) is 28.7 Å². The second-order valence-electron chi connectivity index (χ2n) is 7.22. The van der Waals surface area contributed by atoms with Gasteiger partial charge in [-0.15, -0.1) is 0 Å². The first-order valence-electron chi connectivity index (χ1n) is 9.74. The quantitative estimate of drug-likeness (QED) is 0.206. The molecule has 0 radical (unpaired) electrons. The van der Waals surface area contributed by atoms with Gasteiger partial charge in [-0.05, 0) is 35.4 Å². The van der Waals surface area contributed by atoms with Crippen LogP contribution in [0.5, 0.6) is 0 Å². The fourth-order valence-corrected chi connectivity index (χ4v) is 2.88. The van der Waals surface area contributed by atoms with Gasteiger partial charge in [0.1, 0.15) is 5.69 Å². The number of aryl methyl sites for hydroxylation is 1. The monoisotopic (exact) mass is 448 g/mol. The third kappa shape index (κ3) is 4.92. The Bertz CT molecular complexity index is 1320. The fourth-order valence-electron chi connectivity index (χ4n) is 2.88. The molecule has 0 saturated carbocycles. The van der Waals surface area contributed by atoms with Crippen molar-refractivity contribution in [1.82, 2.24) is 20.3 Å². The number of hydrazone groups is 1. The van der Waals surface area contributed by atoms with E-state index in [1.807, 2.05) is 31.2 Å². The maximum absolute atomic E-state index is 11.4. The van der Waals surface area contributed by atoms with E-state index < -0.39 is 4.92 Å². The highest BCUT2D eigenvalue weighted by atomic mass is 16.6. The lowest BCUT2D eigenvalue weighted by Crippen LogP contribution is -2.13. The minimum atomic E-state index is -0.435. The predicted molar refractivity (Wildman–Crippen MR) is 124 cm³/mol. The van der Waals surface area contributed by atoms with Gasteiger partial charge in [0.05, 0.1) is 16.8 Å². The average Bonchev–Trinajstić information content (AvgIpc) is 3.25. The number of nitrogens with one attached hydrogen (secondary N) is 3. The smallest absolute Gasteiger partial charge is 0.293 e.